The van der Waals surface area contributed by atoms with E-state index < -0.39 is 0 Å². The second-order valence-corrected chi connectivity index (χ2v) is 7.01. The van der Waals surface area contributed by atoms with Crippen molar-refractivity contribution in [2.75, 3.05) is 0 Å². The quantitative estimate of drug-likeness (QED) is 0.443. The molecular weight excluding hydrogens is 395 g/mol. The topological polar surface area (TPSA) is 17.8 Å². The molecule has 0 aliphatic heterocycles. The lowest BCUT2D eigenvalue weighted by atomic mass is 10.1. The Kier molecular flexibility index (Phi) is 3.42. The van der Waals surface area contributed by atoms with Gasteiger partial charge in [-0.3, -0.25) is 0 Å². The summed E-state index contributed by atoms with van der Waals surface area (Å²) in [6.07, 6.45) is 2.13. The van der Waals surface area contributed by atoms with Gasteiger partial charge >= 0.3 is 0 Å². The largest absolute Gasteiger partial charge is 0.323 e. The van der Waals surface area contributed by atoms with Gasteiger partial charge in [0.2, 0.25) is 0 Å². The third kappa shape index (κ3) is 2.27. The van der Waals surface area contributed by atoms with E-state index >= 15 is 0 Å². The summed E-state index contributed by atoms with van der Waals surface area (Å²) in [5.74, 6) is 1.43. The molecule has 0 amide bonds. The van der Waals surface area contributed by atoms with Gasteiger partial charge in [-0.2, -0.15) is 0 Å². The van der Waals surface area contributed by atoms with Gasteiger partial charge in [-0.05, 0) is 64.8 Å². The Morgan fingerprint density at radius 2 is 1.86 bits per heavy atom. The van der Waals surface area contributed by atoms with E-state index in [2.05, 4.69) is 69.6 Å². The molecule has 4 heteroatoms. The van der Waals surface area contributed by atoms with Crippen molar-refractivity contribution in [1.82, 2.24) is 9.55 Å². The lowest BCUT2D eigenvalue weighted by Gasteiger charge is -2.15. The monoisotopic (exact) mass is 408 g/mol. The van der Waals surface area contributed by atoms with Crippen molar-refractivity contribution in [3.63, 3.8) is 0 Å². The highest BCUT2D eigenvalue weighted by Gasteiger charge is 2.25. The van der Waals surface area contributed by atoms with Crippen LogP contribution in [0.4, 0.5) is 0 Å². The molecule has 1 aromatic heterocycles. The second kappa shape index (κ2) is 5.29. The molecule has 0 unspecified atom stereocenters. The third-order valence-corrected chi connectivity index (χ3v) is 5.15. The molecule has 0 bridgehead atoms. The number of fused-ring (bicyclic) bond motifs is 2. The Morgan fingerprint density at radius 3 is 2.52 bits per heavy atom. The zero-order chi connectivity index (χ0) is 14.4. The van der Waals surface area contributed by atoms with Crippen molar-refractivity contribution in [3.05, 3.63) is 63.0 Å². The number of rotatable bonds is 2. The van der Waals surface area contributed by atoms with Crippen molar-refractivity contribution in [3.8, 4) is 0 Å². The molecule has 0 radical (unpaired) electrons. The van der Waals surface area contributed by atoms with Crippen molar-refractivity contribution in [2.24, 2.45) is 0 Å². The van der Waals surface area contributed by atoms with E-state index in [-0.39, 0.29) is 0 Å². The Hall–Kier alpha value is -1.07. The number of hydrogen-bond donors (Lipinski definition) is 0. The Bertz CT molecular complexity index is 800. The molecule has 0 fully saturated rings. The minimum atomic E-state index is 0.432. The van der Waals surface area contributed by atoms with Crippen LogP contribution in [0, 0.1) is 3.57 Å². The molecular formula is C17H14ClIN2. The average Bonchev–Trinajstić information content (AvgIpc) is 3.06. The van der Waals surface area contributed by atoms with Crippen LogP contribution in [0.3, 0.4) is 0 Å². The molecule has 1 heterocycles. The molecule has 0 saturated carbocycles. The van der Waals surface area contributed by atoms with Crippen LogP contribution in [0.25, 0.3) is 11.0 Å². The highest BCUT2D eigenvalue weighted by molar-refractivity contribution is 14.1. The van der Waals surface area contributed by atoms with Crippen molar-refractivity contribution in [2.45, 2.75) is 24.8 Å². The van der Waals surface area contributed by atoms with Crippen LogP contribution in [-0.4, -0.2) is 9.55 Å². The summed E-state index contributed by atoms with van der Waals surface area (Å²) in [5.41, 5.74) is 5.16. The van der Waals surface area contributed by atoms with E-state index in [1.807, 2.05) is 0 Å². The predicted octanol–water partition coefficient (Wildman–Crippen LogP) is 4.72. The highest BCUT2D eigenvalue weighted by Crippen LogP contribution is 2.34. The van der Waals surface area contributed by atoms with E-state index in [1.54, 1.807) is 0 Å². The molecule has 1 aliphatic carbocycles. The van der Waals surface area contributed by atoms with Gasteiger partial charge in [0.1, 0.15) is 5.82 Å². The van der Waals surface area contributed by atoms with Gasteiger partial charge in [0, 0.05) is 9.61 Å². The number of halogens is 2. The lowest BCUT2D eigenvalue weighted by molar-refractivity contribution is 0.528. The normalized spacial score (nSPS) is 14.8. The number of imidazole rings is 1. The van der Waals surface area contributed by atoms with Crippen LogP contribution in [-0.2, 0) is 18.7 Å². The number of hydrogen-bond acceptors (Lipinski definition) is 1. The van der Waals surface area contributed by atoms with E-state index in [9.17, 15) is 0 Å². The fraction of sp³-hybridized carbons (Fsp3) is 0.235. The van der Waals surface area contributed by atoms with Crippen LogP contribution in [0.2, 0.25) is 0 Å². The van der Waals surface area contributed by atoms with E-state index in [4.69, 9.17) is 16.6 Å². The Balaban J connectivity index is 1.84. The van der Waals surface area contributed by atoms with Crippen LogP contribution < -0.4 is 0 Å². The standard InChI is InChI=1S/C17H14ClIN2/c18-10-17-20-15-9-13(19)5-6-16(15)21(17)14-7-11-3-1-2-4-12(11)8-14/h1-6,9,14H,7-8,10H2. The first-order valence-electron chi connectivity index (χ1n) is 7.05. The SMILES string of the molecule is ClCc1nc2cc(I)ccc2n1C1Cc2ccccc2C1. The number of nitrogens with zero attached hydrogens (tertiary/aromatic N) is 2. The van der Waals surface area contributed by atoms with Gasteiger partial charge < -0.3 is 4.57 Å². The summed E-state index contributed by atoms with van der Waals surface area (Å²) in [6.45, 7) is 0. The summed E-state index contributed by atoms with van der Waals surface area (Å²) < 4.78 is 3.55. The Morgan fingerprint density at radius 1 is 1.14 bits per heavy atom. The minimum absolute atomic E-state index is 0.432. The molecule has 0 atom stereocenters. The number of aromatic nitrogens is 2. The van der Waals surface area contributed by atoms with Gasteiger partial charge in [0.25, 0.3) is 0 Å². The smallest absolute Gasteiger partial charge is 0.125 e. The van der Waals surface area contributed by atoms with Crippen LogP contribution in [0.1, 0.15) is 23.0 Å². The Labute approximate surface area is 142 Å². The van der Waals surface area contributed by atoms with Crippen LogP contribution in [0.15, 0.2) is 42.5 Å². The first kappa shape index (κ1) is 13.6. The molecule has 2 nitrogen and oxygen atoms in total. The summed E-state index contributed by atoms with van der Waals surface area (Å²) in [4.78, 5) is 4.73. The third-order valence-electron chi connectivity index (χ3n) is 4.24. The van der Waals surface area contributed by atoms with Gasteiger partial charge in [-0.1, -0.05) is 24.3 Å². The van der Waals surface area contributed by atoms with Crippen LogP contribution >= 0.6 is 34.2 Å². The van der Waals surface area contributed by atoms with Crippen molar-refractivity contribution in [1.29, 1.82) is 0 Å². The highest BCUT2D eigenvalue weighted by atomic mass is 127. The van der Waals surface area contributed by atoms with E-state index in [0.717, 1.165) is 24.2 Å². The van der Waals surface area contributed by atoms with Crippen molar-refractivity contribution >= 4 is 45.2 Å². The maximum atomic E-state index is 6.15. The maximum Gasteiger partial charge on any atom is 0.125 e. The molecule has 0 spiro atoms. The summed E-state index contributed by atoms with van der Waals surface area (Å²) in [6, 6.07) is 15.6. The molecule has 106 valence electrons. The molecule has 2 aromatic carbocycles. The molecule has 0 N–H and O–H groups in total. The van der Waals surface area contributed by atoms with Crippen LogP contribution in [0.5, 0.6) is 0 Å². The maximum absolute atomic E-state index is 6.15. The zero-order valence-corrected chi connectivity index (χ0v) is 14.3. The molecule has 3 aromatic rings. The molecule has 1 aliphatic rings. The number of benzene rings is 2. The number of alkyl halides is 1. The van der Waals surface area contributed by atoms with Gasteiger partial charge in [-0.15, -0.1) is 11.6 Å². The summed E-state index contributed by atoms with van der Waals surface area (Å²) >= 11 is 8.48. The zero-order valence-electron chi connectivity index (χ0n) is 11.4. The summed E-state index contributed by atoms with van der Waals surface area (Å²) in [7, 11) is 0. The lowest BCUT2D eigenvalue weighted by Crippen LogP contribution is -2.11. The molecule has 0 saturated heterocycles. The van der Waals surface area contributed by atoms with Gasteiger partial charge in [-0.25, -0.2) is 4.98 Å². The first-order valence-corrected chi connectivity index (χ1v) is 8.66. The van der Waals surface area contributed by atoms with Crippen molar-refractivity contribution < 1.29 is 0 Å². The minimum Gasteiger partial charge on any atom is -0.323 e. The fourth-order valence-corrected chi connectivity index (χ4v) is 4.01. The fourth-order valence-electron chi connectivity index (χ4n) is 3.34. The summed E-state index contributed by atoms with van der Waals surface area (Å²) in [5, 5.41) is 0. The van der Waals surface area contributed by atoms with E-state index in [0.29, 0.717) is 11.9 Å². The predicted molar refractivity (Wildman–Crippen MR) is 94.9 cm³/mol. The first-order chi connectivity index (χ1) is 10.3. The van der Waals surface area contributed by atoms with Gasteiger partial charge in [0.15, 0.2) is 0 Å². The average molecular weight is 409 g/mol. The molecule has 4 rings (SSSR count). The van der Waals surface area contributed by atoms with Gasteiger partial charge in [0.05, 0.1) is 16.9 Å². The van der Waals surface area contributed by atoms with E-state index in [1.165, 1.54) is 20.2 Å². The second-order valence-electron chi connectivity index (χ2n) is 5.50. The molecule has 21 heavy (non-hydrogen) atoms.